The Kier molecular flexibility index (Phi) is 4.20. The molecule has 0 saturated carbocycles. The predicted molar refractivity (Wildman–Crippen MR) is 104 cm³/mol. The SMILES string of the molecule is CN(C)c1cc[n+]([C@@H]2C(=O)c3ccccc3N(c3ccccc3)C2=O)cc1. The van der Waals surface area contributed by atoms with E-state index in [-0.39, 0.29) is 11.7 Å². The van der Waals surface area contributed by atoms with Crippen LogP contribution in [0.2, 0.25) is 0 Å². The molecule has 0 N–H and O–H groups in total. The predicted octanol–water partition coefficient (Wildman–Crippen LogP) is 3.14. The van der Waals surface area contributed by atoms with Gasteiger partial charge in [-0.15, -0.1) is 0 Å². The van der Waals surface area contributed by atoms with Crippen LogP contribution in [-0.4, -0.2) is 25.8 Å². The average Bonchev–Trinajstić information content (AvgIpc) is 2.69. The minimum atomic E-state index is -0.920. The number of para-hydroxylation sites is 2. The van der Waals surface area contributed by atoms with E-state index in [1.165, 1.54) is 0 Å². The number of hydrogen-bond donors (Lipinski definition) is 0. The number of fused-ring (bicyclic) bond motifs is 1. The molecule has 1 aliphatic heterocycles. The Morgan fingerprint density at radius 3 is 2.15 bits per heavy atom. The summed E-state index contributed by atoms with van der Waals surface area (Å²) in [6.07, 6.45) is 3.57. The van der Waals surface area contributed by atoms with Crippen LogP contribution in [0.4, 0.5) is 17.1 Å². The molecule has 1 aliphatic rings. The average molecular weight is 358 g/mol. The summed E-state index contributed by atoms with van der Waals surface area (Å²) in [6.45, 7) is 0. The highest BCUT2D eigenvalue weighted by Crippen LogP contribution is 2.36. The second-order valence-electron chi connectivity index (χ2n) is 6.69. The molecule has 0 spiro atoms. The number of hydrogen-bond acceptors (Lipinski definition) is 3. The zero-order valence-electron chi connectivity index (χ0n) is 15.2. The number of rotatable bonds is 3. The van der Waals surface area contributed by atoms with Gasteiger partial charge in [0.25, 0.3) is 6.04 Å². The van der Waals surface area contributed by atoms with Crippen LogP contribution < -0.4 is 14.4 Å². The highest BCUT2D eigenvalue weighted by Gasteiger charge is 2.46. The molecule has 0 radical (unpaired) electrons. The molecule has 1 atom stereocenters. The summed E-state index contributed by atoms with van der Waals surface area (Å²) in [7, 11) is 3.90. The lowest BCUT2D eigenvalue weighted by Gasteiger charge is -2.30. The van der Waals surface area contributed by atoms with Gasteiger partial charge < -0.3 is 4.90 Å². The standard InChI is InChI=1S/C22H20N3O2/c1-23(2)16-12-14-24(15-13-16)20-21(26)18-10-6-7-11-19(18)25(22(20)27)17-8-4-3-5-9-17/h3-15,20H,1-2H3/q+1/t20-/m1/s1. The maximum Gasteiger partial charge on any atom is 0.309 e. The van der Waals surface area contributed by atoms with Crippen molar-refractivity contribution in [2.24, 2.45) is 0 Å². The van der Waals surface area contributed by atoms with Crippen LogP contribution >= 0.6 is 0 Å². The van der Waals surface area contributed by atoms with Crippen LogP contribution in [0.3, 0.4) is 0 Å². The lowest BCUT2D eigenvalue weighted by molar-refractivity contribution is -0.694. The third-order valence-electron chi connectivity index (χ3n) is 4.78. The van der Waals surface area contributed by atoms with Crippen LogP contribution in [0.15, 0.2) is 79.1 Å². The summed E-state index contributed by atoms with van der Waals surface area (Å²) >= 11 is 0. The van der Waals surface area contributed by atoms with Crippen LogP contribution in [0.25, 0.3) is 0 Å². The first-order valence-corrected chi connectivity index (χ1v) is 8.78. The van der Waals surface area contributed by atoms with Crippen LogP contribution in [-0.2, 0) is 4.79 Å². The fourth-order valence-electron chi connectivity index (χ4n) is 3.38. The minimum absolute atomic E-state index is 0.189. The van der Waals surface area contributed by atoms with Gasteiger partial charge in [0.2, 0.25) is 5.78 Å². The molecule has 4 rings (SSSR count). The fourth-order valence-corrected chi connectivity index (χ4v) is 3.38. The van der Waals surface area contributed by atoms with Gasteiger partial charge in [-0.2, -0.15) is 4.57 Å². The molecule has 0 bridgehead atoms. The van der Waals surface area contributed by atoms with Gasteiger partial charge >= 0.3 is 5.91 Å². The Morgan fingerprint density at radius 1 is 0.852 bits per heavy atom. The number of benzene rings is 2. The molecule has 3 aromatic rings. The summed E-state index contributed by atoms with van der Waals surface area (Å²) < 4.78 is 1.68. The molecule has 27 heavy (non-hydrogen) atoms. The smallest absolute Gasteiger partial charge is 0.309 e. The van der Waals surface area contributed by atoms with Gasteiger partial charge in [-0.25, -0.2) is 0 Å². The Labute approximate surface area is 158 Å². The van der Waals surface area contributed by atoms with E-state index >= 15 is 0 Å². The number of carbonyl (C=O) groups is 2. The molecule has 0 saturated heterocycles. The molecule has 2 heterocycles. The van der Waals surface area contributed by atoms with E-state index in [0.29, 0.717) is 11.3 Å². The van der Waals surface area contributed by atoms with E-state index in [4.69, 9.17) is 0 Å². The normalized spacial score (nSPS) is 16.2. The van der Waals surface area contributed by atoms with Crippen molar-refractivity contribution in [1.82, 2.24) is 0 Å². The monoisotopic (exact) mass is 358 g/mol. The van der Waals surface area contributed by atoms with E-state index in [1.807, 2.05) is 79.7 Å². The number of aromatic nitrogens is 1. The third kappa shape index (κ3) is 2.87. The van der Waals surface area contributed by atoms with Crippen molar-refractivity contribution in [2.45, 2.75) is 6.04 Å². The summed E-state index contributed by atoms with van der Waals surface area (Å²) in [6, 6.07) is 19.6. The topological polar surface area (TPSA) is 44.5 Å². The molecule has 0 aliphatic carbocycles. The summed E-state index contributed by atoms with van der Waals surface area (Å²) in [5, 5.41) is 0. The summed E-state index contributed by atoms with van der Waals surface area (Å²) in [5.41, 5.74) is 2.93. The van der Waals surface area contributed by atoms with Gasteiger partial charge in [-0.3, -0.25) is 14.5 Å². The molecule has 134 valence electrons. The lowest BCUT2D eigenvalue weighted by atomic mass is 9.94. The third-order valence-corrected chi connectivity index (χ3v) is 4.78. The van der Waals surface area contributed by atoms with E-state index in [1.54, 1.807) is 27.9 Å². The van der Waals surface area contributed by atoms with Gasteiger partial charge in [0.1, 0.15) is 0 Å². The Balaban J connectivity index is 1.84. The number of ketones is 1. The minimum Gasteiger partial charge on any atom is -0.377 e. The molecular formula is C22H20N3O2+. The Morgan fingerprint density at radius 2 is 1.48 bits per heavy atom. The van der Waals surface area contributed by atoms with Gasteiger partial charge in [-0.05, 0) is 24.3 Å². The molecule has 2 aromatic carbocycles. The number of pyridine rings is 1. The molecular weight excluding hydrogens is 338 g/mol. The van der Waals surface area contributed by atoms with E-state index in [0.717, 1.165) is 11.4 Å². The Bertz CT molecular complexity index is 998. The first kappa shape index (κ1) is 17.0. The second kappa shape index (κ2) is 6.68. The number of Topliss-reactive ketones (excluding diaryl/α,β-unsaturated/α-hetero) is 1. The van der Waals surface area contributed by atoms with E-state index in [2.05, 4.69) is 0 Å². The van der Waals surface area contributed by atoms with Gasteiger partial charge in [-0.1, -0.05) is 30.3 Å². The molecule has 0 unspecified atom stereocenters. The molecule has 1 aromatic heterocycles. The first-order chi connectivity index (χ1) is 13.1. The van der Waals surface area contributed by atoms with Gasteiger partial charge in [0.15, 0.2) is 12.4 Å². The van der Waals surface area contributed by atoms with Crippen molar-refractivity contribution in [3.63, 3.8) is 0 Å². The number of anilines is 3. The fraction of sp³-hybridized carbons (Fsp3) is 0.136. The van der Waals surface area contributed by atoms with Gasteiger partial charge in [0.05, 0.1) is 5.69 Å². The zero-order chi connectivity index (χ0) is 19.0. The van der Waals surface area contributed by atoms with E-state index < -0.39 is 6.04 Å². The van der Waals surface area contributed by atoms with E-state index in [9.17, 15) is 9.59 Å². The number of nitrogens with zero attached hydrogens (tertiary/aromatic N) is 3. The van der Waals surface area contributed by atoms with Crippen molar-refractivity contribution >= 4 is 28.8 Å². The first-order valence-electron chi connectivity index (χ1n) is 8.78. The van der Waals surface area contributed by atoms with Crippen molar-refractivity contribution in [3.05, 3.63) is 84.7 Å². The van der Waals surface area contributed by atoms with Gasteiger partial charge in [0, 0.05) is 43.2 Å². The summed E-state index contributed by atoms with van der Waals surface area (Å²) in [5.74, 6) is -0.446. The number of amides is 1. The molecule has 5 nitrogen and oxygen atoms in total. The molecule has 5 heteroatoms. The van der Waals surface area contributed by atoms with Crippen LogP contribution in [0, 0.1) is 0 Å². The lowest BCUT2D eigenvalue weighted by Crippen LogP contribution is -2.55. The number of carbonyl (C=O) groups excluding carboxylic acids is 2. The highest BCUT2D eigenvalue weighted by molar-refractivity contribution is 6.24. The highest BCUT2D eigenvalue weighted by atomic mass is 16.2. The van der Waals surface area contributed by atoms with Crippen LogP contribution in [0.1, 0.15) is 16.4 Å². The quantitative estimate of drug-likeness (QED) is 0.534. The van der Waals surface area contributed by atoms with Crippen molar-refractivity contribution in [3.8, 4) is 0 Å². The maximum atomic E-state index is 13.4. The Hall–Kier alpha value is -3.47. The maximum absolute atomic E-state index is 13.4. The summed E-state index contributed by atoms with van der Waals surface area (Å²) in [4.78, 5) is 30.1. The van der Waals surface area contributed by atoms with Crippen LogP contribution in [0.5, 0.6) is 0 Å². The molecule has 1 amide bonds. The van der Waals surface area contributed by atoms with Crippen molar-refractivity contribution < 1.29 is 14.2 Å². The molecule has 0 fully saturated rings. The largest absolute Gasteiger partial charge is 0.377 e. The zero-order valence-corrected chi connectivity index (χ0v) is 15.2. The van der Waals surface area contributed by atoms with Crippen molar-refractivity contribution in [2.75, 3.05) is 23.9 Å². The van der Waals surface area contributed by atoms with Crippen molar-refractivity contribution in [1.29, 1.82) is 0 Å². The second-order valence-corrected chi connectivity index (χ2v) is 6.69.